The molecule has 0 fully saturated rings. The summed E-state index contributed by atoms with van der Waals surface area (Å²) in [5.74, 6) is -0.343. The Labute approximate surface area is 122 Å². The summed E-state index contributed by atoms with van der Waals surface area (Å²) >= 11 is 0. The van der Waals surface area contributed by atoms with E-state index in [1.807, 2.05) is 0 Å². The second-order valence-corrected chi connectivity index (χ2v) is 4.60. The molecule has 0 radical (unpaired) electrons. The van der Waals surface area contributed by atoms with Crippen LogP contribution < -0.4 is 10.6 Å². The van der Waals surface area contributed by atoms with E-state index in [1.54, 1.807) is 50.4 Å². The number of nitrogens with one attached hydrogen (secondary N) is 2. The normalized spacial score (nSPS) is 11.8. The predicted octanol–water partition coefficient (Wildman–Crippen LogP) is 3.95. The molecule has 0 aromatic heterocycles. The van der Waals surface area contributed by atoms with E-state index in [0.29, 0.717) is 16.9 Å². The number of nitro groups is 1. The monoisotopic (exact) mass is 289 g/mol. The Balaban J connectivity index is 2.36. The lowest BCUT2D eigenvalue weighted by Crippen LogP contribution is -2.10. The molecule has 1 unspecified atom stereocenters. The van der Waals surface area contributed by atoms with Gasteiger partial charge in [-0.15, -0.1) is 0 Å². The average Bonchev–Trinajstić information content (AvgIpc) is 2.46. The van der Waals surface area contributed by atoms with Crippen LogP contribution in [0.2, 0.25) is 0 Å². The van der Waals surface area contributed by atoms with E-state index in [9.17, 15) is 14.5 Å². The van der Waals surface area contributed by atoms with Gasteiger partial charge in [0.2, 0.25) is 0 Å². The second kappa shape index (κ2) is 6.21. The number of para-hydroxylation sites is 1. The summed E-state index contributed by atoms with van der Waals surface area (Å²) in [5, 5.41) is 17.0. The molecule has 6 heteroatoms. The number of benzene rings is 2. The fourth-order valence-electron chi connectivity index (χ4n) is 2.20. The van der Waals surface area contributed by atoms with E-state index in [1.165, 1.54) is 6.07 Å². The van der Waals surface area contributed by atoms with Crippen LogP contribution in [0.1, 0.15) is 18.5 Å². The third-order valence-electron chi connectivity index (χ3n) is 3.23. The molecule has 2 aromatic carbocycles. The van der Waals surface area contributed by atoms with Gasteiger partial charge >= 0.3 is 5.69 Å². The van der Waals surface area contributed by atoms with Crippen molar-refractivity contribution in [2.45, 2.75) is 13.0 Å². The van der Waals surface area contributed by atoms with Crippen LogP contribution >= 0.6 is 0 Å². The zero-order valence-electron chi connectivity index (χ0n) is 11.8. The van der Waals surface area contributed by atoms with Gasteiger partial charge < -0.3 is 10.6 Å². The van der Waals surface area contributed by atoms with Crippen molar-refractivity contribution in [2.24, 2.45) is 0 Å². The molecule has 0 aliphatic carbocycles. The largest absolute Gasteiger partial charge is 0.382 e. The highest BCUT2D eigenvalue weighted by Crippen LogP contribution is 2.34. The highest BCUT2D eigenvalue weighted by molar-refractivity contribution is 5.76. The van der Waals surface area contributed by atoms with Gasteiger partial charge in [-0.2, -0.15) is 0 Å². The van der Waals surface area contributed by atoms with Crippen molar-refractivity contribution < 1.29 is 9.31 Å². The fraction of sp³-hybridized carbons (Fsp3) is 0.200. The molecule has 5 nitrogen and oxygen atoms in total. The lowest BCUT2D eigenvalue weighted by atomic mass is 10.1. The van der Waals surface area contributed by atoms with E-state index >= 15 is 0 Å². The maximum absolute atomic E-state index is 13.8. The molecule has 0 saturated heterocycles. The highest BCUT2D eigenvalue weighted by atomic mass is 19.1. The number of halogens is 1. The van der Waals surface area contributed by atoms with E-state index in [0.717, 1.165) is 0 Å². The number of rotatable bonds is 5. The molecule has 1 atom stereocenters. The number of hydrogen-bond acceptors (Lipinski definition) is 4. The maximum Gasteiger partial charge on any atom is 0.315 e. The van der Waals surface area contributed by atoms with Crippen molar-refractivity contribution in [3.8, 4) is 0 Å². The summed E-state index contributed by atoms with van der Waals surface area (Å²) in [6.07, 6.45) is 0. The van der Waals surface area contributed by atoms with E-state index in [-0.39, 0.29) is 11.5 Å². The third-order valence-corrected chi connectivity index (χ3v) is 3.23. The fourth-order valence-corrected chi connectivity index (χ4v) is 2.20. The van der Waals surface area contributed by atoms with Crippen molar-refractivity contribution in [2.75, 3.05) is 17.7 Å². The van der Waals surface area contributed by atoms with Crippen molar-refractivity contribution in [1.29, 1.82) is 0 Å². The van der Waals surface area contributed by atoms with Crippen LogP contribution in [0.3, 0.4) is 0 Å². The van der Waals surface area contributed by atoms with Gasteiger partial charge in [-0.3, -0.25) is 10.1 Å². The van der Waals surface area contributed by atoms with Gasteiger partial charge in [0.1, 0.15) is 17.2 Å². The summed E-state index contributed by atoms with van der Waals surface area (Å²) in [5.41, 5.74) is 1.16. The minimum Gasteiger partial charge on any atom is -0.382 e. The molecule has 2 aromatic rings. The SMILES string of the molecule is CNc1cccc(NC(C)c2ccccc2F)c1[N+](=O)[O-]. The van der Waals surface area contributed by atoms with Gasteiger partial charge in [-0.1, -0.05) is 24.3 Å². The number of hydrogen-bond donors (Lipinski definition) is 2. The zero-order chi connectivity index (χ0) is 15.4. The first kappa shape index (κ1) is 14.8. The first-order valence-electron chi connectivity index (χ1n) is 6.50. The third kappa shape index (κ3) is 3.10. The molecular weight excluding hydrogens is 273 g/mol. The van der Waals surface area contributed by atoms with Crippen LogP contribution in [-0.4, -0.2) is 12.0 Å². The molecule has 2 N–H and O–H groups in total. The Kier molecular flexibility index (Phi) is 4.37. The zero-order valence-corrected chi connectivity index (χ0v) is 11.8. The van der Waals surface area contributed by atoms with Crippen LogP contribution in [0.4, 0.5) is 21.5 Å². The molecule has 110 valence electrons. The van der Waals surface area contributed by atoms with Crippen molar-refractivity contribution >= 4 is 17.1 Å². The Bertz CT molecular complexity index is 661. The molecule has 0 bridgehead atoms. The second-order valence-electron chi connectivity index (χ2n) is 4.60. The Morgan fingerprint density at radius 1 is 1.14 bits per heavy atom. The molecule has 0 amide bonds. The molecular formula is C15H16FN3O2. The smallest absolute Gasteiger partial charge is 0.315 e. The average molecular weight is 289 g/mol. The lowest BCUT2D eigenvalue weighted by Gasteiger charge is -2.17. The molecule has 0 saturated carbocycles. The highest BCUT2D eigenvalue weighted by Gasteiger charge is 2.21. The van der Waals surface area contributed by atoms with Crippen LogP contribution in [0.5, 0.6) is 0 Å². The Morgan fingerprint density at radius 2 is 1.81 bits per heavy atom. The van der Waals surface area contributed by atoms with Crippen molar-refractivity contribution in [3.05, 3.63) is 64.0 Å². The van der Waals surface area contributed by atoms with Crippen molar-refractivity contribution in [1.82, 2.24) is 0 Å². The van der Waals surface area contributed by atoms with Gasteiger partial charge in [-0.25, -0.2) is 4.39 Å². The van der Waals surface area contributed by atoms with E-state index < -0.39 is 11.0 Å². The van der Waals surface area contributed by atoms with Gasteiger partial charge in [0.15, 0.2) is 0 Å². The number of nitro benzene ring substituents is 1. The van der Waals surface area contributed by atoms with Gasteiger partial charge in [0.25, 0.3) is 0 Å². The van der Waals surface area contributed by atoms with Gasteiger partial charge in [0.05, 0.1) is 11.0 Å². The van der Waals surface area contributed by atoms with Crippen LogP contribution in [0.25, 0.3) is 0 Å². The van der Waals surface area contributed by atoms with Crippen LogP contribution in [0.15, 0.2) is 42.5 Å². The van der Waals surface area contributed by atoms with Crippen LogP contribution in [0, 0.1) is 15.9 Å². The number of anilines is 2. The lowest BCUT2D eigenvalue weighted by molar-refractivity contribution is -0.383. The minimum atomic E-state index is -0.456. The molecule has 0 aliphatic rings. The maximum atomic E-state index is 13.8. The van der Waals surface area contributed by atoms with Gasteiger partial charge in [-0.05, 0) is 25.1 Å². The minimum absolute atomic E-state index is 0.0526. The summed E-state index contributed by atoms with van der Waals surface area (Å²) < 4.78 is 13.8. The molecule has 21 heavy (non-hydrogen) atoms. The molecule has 0 heterocycles. The van der Waals surface area contributed by atoms with Crippen molar-refractivity contribution in [3.63, 3.8) is 0 Å². The molecule has 0 spiro atoms. The topological polar surface area (TPSA) is 67.2 Å². The standard InChI is InChI=1S/C15H16FN3O2/c1-10(11-6-3-4-7-12(11)16)18-14-9-5-8-13(17-2)15(14)19(20)21/h3-10,17-18H,1-2H3. The molecule has 2 rings (SSSR count). The summed E-state index contributed by atoms with van der Waals surface area (Å²) in [6.45, 7) is 1.76. The Morgan fingerprint density at radius 3 is 2.43 bits per heavy atom. The predicted molar refractivity (Wildman–Crippen MR) is 81.1 cm³/mol. The summed E-state index contributed by atoms with van der Waals surface area (Å²) in [7, 11) is 1.62. The summed E-state index contributed by atoms with van der Waals surface area (Å²) in [6, 6.07) is 10.9. The van der Waals surface area contributed by atoms with Crippen LogP contribution in [-0.2, 0) is 0 Å². The summed E-state index contributed by atoms with van der Waals surface area (Å²) in [4.78, 5) is 10.8. The first-order valence-corrected chi connectivity index (χ1v) is 6.50. The van der Waals surface area contributed by atoms with E-state index in [2.05, 4.69) is 10.6 Å². The number of nitrogens with zero attached hydrogens (tertiary/aromatic N) is 1. The molecule has 0 aliphatic heterocycles. The van der Waals surface area contributed by atoms with Gasteiger partial charge in [0, 0.05) is 12.6 Å². The Hall–Kier alpha value is -2.63. The quantitative estimate of drug-likeness (QED) is 0.646. The first-order chi connectivity index (χ1) is 10.0. The van der Waals surface area contributed by atoms with E-state index in [4.69, 9.17) is 0 Å².